The summed E-state index contributed by atoms with van der Waals surface area (Å²) in [6, 6.07) is 4.66. The molecule has 0 spiro atoms. The second-order valence-electron chi connectivity index (χ2n) is 3.14. The van der Waals surface area contributed by atoms with Crippen molar-refractivity contribution < 1.29 is 13.5 Å². The summed E-state index contributed by atoms with van der Waals surface area (Å²) in [6.07, 6.45) is 0.382. The van der Waals surface area contributed by atoms with Crippen LogP contribution in [-0.4, -0.2) is 13.5 Å². The van der Waals surface area contributed by atoms with Crippen molar-refractivity contribution in [1.82, 2.24) is 0 Å². The average molecular weight is 260 g/mol. The van der Waals surface area contributed by atoms with Gasteiger partial charge in [-0.05, 0) is 23.6 Å². The minimum Gasteiger partial charge on any atom is -0.392 e. The van der Waals surface area contributed by atoms with E-state index >= 15 is 0 Å². The first-order valence-corrected chi connectivity index (χ1v) is 6.87. The van der Waals surface area contributed by atoms with E-state index in [1.165, 1.54) is 12.1 Å². The minimum atomic E-state index is -3.98. The van der Waals surface area contributed by atoms with E-state index < -0.39 is 9.05 Å². The zero-order valence-electron chi connectivity index (χ0n) is 8.57. The lowest BCUT2D eigenvalue weighted by atomic mass is 10.0. The standard InChI is InChI=1S/C10H10ClNO3S/c1-2-9-8(6-13)4-3-7(5-12)10(9)16(11,14)15/h3-4,13H,2,6H2,1H3. The van der Waals surface area contributed by atoms with Gasteiger partial charge in [-0.15, -0.1) is 0 Å². The molecule has 0 aliphatic carbocycles. The molecule has 0 amide bonds. The molecule has 1 aromatic carbocycles. The fraction of sp³-hybridized carbons (Fsp3) is 0.300. The maximum absolute atomic E-state index is 11.4. The van der Waals surface area contributed by atoms with E-state index in [0.29, 0.717) is 17.5 Å². The highest BCUT2D eigenvalue weighted by atomic mass is 35.7. The van der Waals surface area contributed by atoms with E-state index in [1.807, 2.05) is 0 Å². The number of benzene rings is 1. The molecule has 0 aromatic heterocycles. The first kappa shape index (κ1) is 13.0. The highest BCUT2D eigenvalue weighted by Gasteiger charge is 2.21. The van der Waals surface area contributed by atoms with Crippen LogP contribution < -0.4 is 0 Å². The molecule has 0 radical (unpaired) electrons. The number of nitrogens with zero attached hydrogens (tertiary/aromatic N) is 1. The quantitative estimate of drug-likeness (QED) is 0.835. The zero-order chi connectivity index (χ0) is 12.3. The number of rotatable bonds is 3. The van der Waals surface area contributed by atoms with E-state index in [4.69, 9.17) is 21.1 Å². The molecule has 16 heavy (non-hydrogen) atoms. The molecular weight excluding hydrogens is 250 g/mol. The molecule has 1 N–H and O–H groups in total. The Hall–Kier alpha value is -1.09. The highest BCUT2D eigenvalue weighted by molar-refractivity contribution is 8.13. The SMILES string of the molecule is CCc1c(CO)ccc(C#N)c1S(=O)(=O)Cl. The molecule has 0 saturated heterocycles. The van der Waals surface area contributed by atoms with E-state index in [0.717, 1.165) is 0 Å². The smallest absolute Gasteiger partial charge is 0.262 e. The van der Waals surface area contributed by atoms with Crippen molar-refractivity contribution in [3.8, 4) is 6.07 Å². The number of hydrogen-bond acceptors (Lipinski definition) is 4. The maximum atomic E-state index is 11.4. The van der Waals surface area contributed by atoms with Crippen molar-refractivity contribution in [3.05, 3.63) is 28.8 Å². The number of halogens is 1. The Bertz CT molecular complexity index is 546. The third-order valence-electron chi connectivity index (χ3n) is 2.25. The van der Waals surface area contributed by atoms with Crippen LogP contribution in [0.4, 0.5) is 0 Å². The van der Waals surface area contributed by atoms with Gasteiger partial charge in [-0.1, -0.05) is 13.0 Å². The Balaban J connectivity index is 3.72. The molecule has 0 heterocycles. The summed E-state index contributed by atoms with van der Waals surface area (Å²) in [6.45, 7) is 1.45. The first-order valence-electron chi connectivity index (χ1n) is 4.56. The summed E-state index contributed by atoms with van der Waals surface area (Å²) >= 11 is 0. The summed E-state index contributed by atoms with van der Waals surface area (Å²) in [7, 11) is 1.31. The lowest BCUT2D eigenvalue weighted by Gasteiger charge is -2.10. The molecule has 4 nitrogen and oxygen atoms in total. The molecule has 0 aliphatic heterocycles. The van der Waals surface area contributed by atoms with Gasteiger partial charge in [0.25, 0.3) is 9.05 Å². The molecule has 1 aromatic rings. The predicted molar refractivity (Wildman–Crippen MR) is 59.5 cm³/mol. The molecule has 0 aliphatic rings. The van der Waals surface area contributed by atoms with Gasteiger partial charge in [-0.25, -0.2) is 8.42 Å². The number of aliphatic hydroxyl groups is 1. The number of hydrogen-bond donors (Lipinski definition) is 1. The van der Waals surface area contributed by atoms with Crippen molar-refractivity contribution in [1.29, 1.82) is 5.26 Å². The average Bonchev–Trinajstić information content (AvgIpc) is 2.25. The summed E-state index contributed by atoms with van der Waals surface area (Å²) in [4.78, 5) is -0.189. The zero-order valence-corrected chi connectivity index (χ0v) is 10.1. The predicted octanol–water partition coefficient (Wildman–Crippen LogP) is 1.54. The van der Waals surface area contributed by atoms with E-state index in [-0.39, 0.29) is 17.1 Å². The Morgan fingerprint density at radius 1 is 1.50 bits per heavy atom. The van der Waals surface area contributed by atoms with Crippen molar-refractivity contribution >= 4 is 19.7 Å². The normalized spacial score (nSPS) is 11.1. The topological polar surface area (TPSA) is 78.2 Å². The fourth-order valence-corrected chi connectivity index (χ4v) is 3.05. The third-order valence-corrected chi connectivity index (χ3v) is 3.66. The number of nitriles is 1. The molecule has 86 valence electrons. The lowest BCUT2D eigenvalue weighted by molar-refractivity contribution is 0.280. The monoisotopic (exact) mass is 259 g/mol. The summed E-state index contributed by atoms with van der Waals surface area (Å²) in [5.74, 6) is 0. The van der Waals surface area contributed by atoms with Gasteiger partial charge in [0, 0.05) is 10.7 Å². The Labute approximate surface area is 98.5 Å². The van der Waals surface area contributed by atoms with Crippen LogP contribution in [-0.2, 0) is 22.1 Å². The van der Waals surface area contributed by atoms with Crippen molar-refractivity contribution in [2.24, 2.45) is 0 Å². The highest BCUT2D eigenvalue weighted by Crippen LogP contribution is 2.27. The molecule has 0 saturated carbocycles. The van der Waals surface area contributed by atoms with E-state index in [9.17, 15) is 8.42 Å². The van der Waals surface area contributed by atoms with E-state index in [1.54, 1.807) is 13.0 Å². The third kappa shape index (κ3) is 2.35. The largest absolute Gasteiger partial charge is 0.392 e. The Kier molecular flexibility index (Phi) is 3.92. The van der Waals surface area contributed by atoms with Gasteiger partial charge < -0.3 is 5.11 Å². The van der Waals surface area contributed by atoms with Gasteiger partial charge in [0.2, 0.25) is 0 Å². The summed E-state index contributed by atoms with van der Waals surface area (Å²) in [5, 5.41) is 17.9. The fourth-order valence-electron chi connectivity index (χ4n) is 1.57. The van der Waals surface area contributed by atoms with Crippen LogP contribution in [0.25, 0.3) is 0 Å². The number of aliphatic hydroxyl groups excluding tert-OH is 1. The molecule has 0 fully saturated rings. The summed E-state index contributed by atoms with van der Waals surface area (Å²) < 4.78 is 22.8. The van der Waals surface area contributed by atoms with Crippen LogP contribution in [0.15, 0.2) is 17.0 Å². The molecule has 0 atom stereocenters. The van der Waals surface area contributed by atoms with Crippen LogP contribution >= 0.6 is 10.7 Å². The molecule has 6 heteroatoms. The van der Waals surface area contributed by atoms with Gasteiger partial charge >= 0.3 is 0 Å². The second-order valence-corrected chi connectivity index (χ2v) is 5.64. The Morgan fingerprint density at radius 2 is 2.12 bits per heavy atom. The van der Waals surface area contributed by atoms with Gasteiger partial charge in [0.15, 0.2) is 0 Å². The van der Waals surface area contributed by atoms with Crippen molar-refractivity contribution in [2.45, 2.75) is 24.8 Å². The van der Waals surface area contributed by atoms with Crippen LogP contribution in [0, 0.1) is 11.3 Å². The van der Waals surface area contributed by atoms with Gasteiger partial charge in [0.1, 0.15) is 11.0 Å². The molecular formula is C10H10ClNO3S. The van der Waals surface area contributed by atoms with Gasteiger partial charge in [-0.2, -0.15) is 5.26 Å². The second kappa shape index (κ2) is 4.83. The molecule has 1 rings (SSSR count). The van der Waals surface area contributed by atoms with Crippen molar-refractivity contribution in [3.63, 3.8) is 0 Å². The van der Waals surface area contributed by atoms with Crippen LogP contribution in [0.1, 0.15) is 23.6 Å². The van der Waals surface area contributed by atoms with Crippen LogP contribution in [0.2, 0.25) is 0 Å². The van der Waals surface area contributed by atoms with E-state index in [2.05, 4.69) is 0 Å². The van der Waals surface area contributed by atoms with Crippen molar-refractivity contribution in [2.75, 3.05) is 0 Å². The first-order chi connectivity index (χ1) is 7.45. The van der Waals surface area contributed by atoms with Gasteiger partial charge in [-0.3, -0.25) is 0 Å². The molecule has 0 bridgehead atoms. The lowest BCUT2D eigenvalue weighted by Crippen LogP contribution is -2.05. The van der Waals surface area contributed by atoms with Gasteiger partial charge in [0.05, 0.1) is 12.2 Å². The van der Waals surface area contributed by atoms with Crippen LogP contribution in [0.3, 0.4) is 0 Å². The Morgan fingerprint density at radius 3 is 2.50 bits per heavy atom. The minimum absolute atomic E-state index is 0.00375. The maximum Gasteiger partial charge on any atom is 0.262 e. The van der Waals surface area contributed by atoms with Crippen LogP contribution in [0.5, 0.6) is 0 Å². The molecule has 0 unspecified atom stereocenters. The summed E-state index contributed by atoms with van der Waals surface area (Å²) in [5.41, 5.74) is 0.876.